The molecule has 0 spiro atoms. The van der Waals surface area contributed by atoms with Crippen molar-refractivity contribution >= 4 is 16.0 Å². The van der Waals surface area contributed by atoms with Crippen molar-refractivity contribution in [2.75, 3.05) is 33.4 Å². The number of nitrogens with zero attached hydrogens (tertiary/aromatic N) is 1. The van der Waals surface area contributed by atoms with Crippen LogP contribution in [0, 0.1) is 0 Å². The van der Waals surface area contributed by atoms with Crippen molar-refractivity contribution in [3.05, 3.63) is 54.1 Å². The van der Waals surface area contributed by atoms with Gasteiger partial charge in [-0.15, -0.1) is 0 Å². The molecule has 26 heavy (non-hydrogen) atoms. The third-order valence-corrected chi connectivity index (χ3v) is 5.86. The fourth-order valence-electron chi connectivity index (χ4n) is 2.53. The van der Waals surface area contributed by atoms with E-state index >= 15 is 0 Å². The average Bonchev–Trinajstić information content (AvgIpc) is 2.69. The molecule has 0 aliphatic carbocycles. The Bertz CT molecular complexity index is 873. The lowest BCUT2D eigenvalue weighted by atomic mass is 10.2. The number of carbonyl (C=O) groups excluding carboxylic acids is 1. The predicted molar refractivity (Wildman–Crippen MR) is 94.0 cm³/mol. The van der Waals surface area contributed by atoms with Gasteiger partial charge in [0.15, 0.2) is 0 Å². The average molecular weight is 377 g/mol. The van der Waals surface area contributed by atoms with Crippen molar-refractivity contribution < 1.29 is 27.4 Å². The second kappa shape index (κ2) is 7.86. The van der Waals surface area contributed by atoms with E-state index in [-0.39, 0.29) is 10.6 Å². The molecule has 1 saturated heterocycles. The van der Waals surface area contributed by atoms with Gasteiger partial charge in [0.05, 0.1) is 30.8 Å². The Morgan fingerprint density at radius 2 is 1.73 bits per heavy atom. The van der Waals surface area contributed by atoms with E-state index in [2.05, 4.69) is 0 Å². The van der Waals surface area contributed by atoms with Gasteiger partial charge < -0.3 is 14.2 Å². The van der Waals surface area contributed by atoms with Crippen LogP contribution in [0.1, 0.15) is 10.4 Å². The van der Waals surface area contributed by atoms with Crippen molar-refractivity contribution in [2.24, 2.45) is 0 Å². The molecule has 2 aromatic rings. The van der Waals surface area contributed by atoms with E-state index in [0.717, 1.165) is 0 Å². The van der Waals surface area contributed by atoms with Crippen molar-refractivity contribution in [1.82, 2.24) is 4.31 Å². The van der Waals surface area contributed by atoms with E-state index in [1.165, 1.54) is 35.7 Å². The molecule has 7 nitrogen and oxygen atoms in total. The lowest BCUT2D eigenvalue weighted by Crippen LogP contribution is -2.40. The molecule has 0 radical (unpaired) electrons. The third-order valence-electron chi connectivity index (χ3n) is 3.95. The number of benzene rings is 2. The first-order valence-electron chi connectivity index (χ1n) is 8.05. The van der Waals surface area contributed by atoms with Gasteiger partial charge in [0.2, 0.25) is 10.0 Å². The molecule has 0 aromatic heterocycles. The molecule has 3 rings (SSSR count). The van der Waals surface area contributed by atoms with Crippen LogP contribution in [0.15, 0.2) is 53.4 Å². The maximum absolute atomic E-state index is 12.6. The molecule has 0 atom stereocenters. The van der Waals surface area contributed by atoms with Crippen molar-refractivity contribution in [3.8, 4) is 11.5 Å². The first-order chi connectivity index (χ1) is 12.5. The van der Waals surface area contributed by atoms with Crippen molar-refractivity contribution in [2.45, 2.75) is 4.90 Å². The summed E-state index contributed by atoms with van der Waals surface area (Å²) in [5.74, 6) is 0.262. The van der Waals surface area contributed by atoms with Gasteiger partial charge in [-0.1, -0.05) is 6.07 Å². The standard InChI is InChI=1S/C18H19NO6S/c1-23-16-4-2-3-14(13-16)18(20)25-15-5-7-17(8-6-15)26(21,22)19-9-11-24-12-10-19/h2-8,13H,9-12H2,1H3. The molecule has 1 heterocycles. The molecule has 0 N–H and O–H groups in total. The quantitative estimate of drug-likeness (QED) is 0.585. The van der Waals surface area contributed by atoms with Gasteiger partial charge in [0.1, 0.15) is 11.5 Å². The summed E-state index contributed by atoms with van der Waals surface area (Å²) in [6.07, 6.45) is 0. The van der Waals surface area contributed by atoms with Gasteiger partial charge in [0.25, 0.3) is 0 Å². The molecule has 1 fully saturated rings. The molecule has 138 valence electrons. The summed E-state index contributed by atoms with van der Waals surface area (Å²) in [7, 11) is -2.06. The summed E-state index contributed by atoms with van der Waals surface area (Å²) in [6.45, 7) is 1.43. The Kier molecular flexibility index (Phi) is 5.55. The van der Waals surface area contributed by atoms with Gasteiger partial charge in [-0.2, -0.15) is 4.31 Å². The van der Waals surface area contributed by atoms with Crippen LogP contribution in [0.4, 0.5) is 0 Å². The third kappa shape index (κ3) is 4.04. The minimum Gasteiger partial charge on any atom is -0.497 e. The minimum atomic E-state index is -3.57. The Balaban J connectivity index is 1.72. The normalized spacial score (nSPS) is 15.4. The van der Waals surface area contributed by atoms with Crippen LogP contribution in [0.25, 0.3) is 0 Å². The summed E-state index contributed by atoms with van der Waals surface area (Å²) in [5, 5.41) is 0. The van der Waals surface area contributed by atoms with Gasteiger partial charge in [-0.25, -0.2) is 13.2 Å². The van der Waals surface area contributed by atoms with Crippen molar-refractivity contribution in [1.29, 1.82) is 0 Å². The second-order valence-corrected chi connectivity index (χ2v) is 7.55. The molecule has 2 aromatic carbocycles. The van der Waals surface area contributed by atoms with Gasteiger partial charge >= 0.3 is 5.97 Å². The molecular weight excluding hydrogens is 358 g/mol. The fourth-order valence-corrected chi connectivity index (χ4v) is 3.94. The van der Waals surface area contributed by atoms with Gasteiger partial charge in [0, 0.05) is 13.1 Å². The molecule has 1 aliphatic heterocycles. The maximum atomic E-state index is 12.6. The van der Waals surface area contributed by atoms with E-state index in [1.807, 2.05) is 0 Å². The number of rotatable bonds is 5. The van der Waals surface area contributed by atoms with Crippen LogP contribution in [0.5, 0.6) is 11.5 Å². The number of ether oxygens (including phenoxy) is 3. The van der Waals surface area contributed by atoms with Crippen LogP contribution < -0.4 is 9.47 Å². The Labute approximate surface area is 152 Å². The molecule has 0 saturated carbocycles. The first-order valence-corrected chi connectivity index (χ1v) is 9.49. The topological polar surface area (TPSA) is 82.1 Å². The van der Waals surface area contributed by atoms with E-state index in [4.69, 9.17) is 14.2 Å². The lowest BCUT2D eigenvalue weighted by molar-refractivity contribution is 0.0728. The highest BCUT2D eigenvalue weighted by atomic mass is 32.2. The largest absolute Gasteiger partial charge is 0.497 e. The SMILES string of the molecule is COc1cccc(C(=O)Oc2ccc(S(=O)(=O)N3CCOCC3)cc2)c1. The zero-order chi connectivity index (χ0) is 18.6. The lowest BCUT2D eigenvalue weighted by Gasteiger charge is -2.26. The van der Waals surface area contributed by atoms with E-state index in [1.54, 1.807) is 24.3 Å². The van der Waals surface area contributed by atoms with E-state index in [0.29, 0.717) is 37.6 Å². The summed E-state index contributed by atoms with van der Waals surface area (Å²) in [6, 6.07) is 12.4. The Hall–Kier alpha value is -2.42. The summed E-state index contributed by atoms with van der Waals surface area (Å²) >= 11 is 0. The fraction of sp³-hybridized carbons (Fsp3) is 0.278. The molecule has 1 aliphatic rings. The maximum Gasteiger partial charge on any atom is 0.343 e. The van der Waals surface area contributed by atoms with E-state index in [9.17, 15) is 13.2 Å². The number of hydrogen-bond donors (Lipinski definition) is 0. The monoisotopic (exact) mass is 377 g/mol. The zero-order valence-electron chi connectivity index (χ0n) is 14.3. The molecular formula is C18H19NO6S. The minimum absolute atomic E-state index is 0.153. The van der Waals surface area contributed by atoms with Gasteiger partial charge in [-0.3, -0.25) is 0 Å². The van der Waals surface area contributed by atoms with Crippen LogP contribution in [0.2, 0.25) is 0 Å². The number of sulfonamides is 1. The van der Waals surface area contributed by atoms with E-state index < -0.39 is 16.0 Å². The molecule has 0 bridgehead atoms. The van der Waals surface area contributed by atoms with Gasteiger partial charge in [-0.05, 0) is 42.5 Å². The first kappa shape index (κ1) is 18.4. The highest BCUT2D eigenvalue weighted by molar-refractivity contribution is 7.89. The Morgan fingerprint density at radius 3 is 2.38 bits per heavy atom. The summed E-state index contributed by atoms with van der Waals surface area (Å²) in [5.41, 5.74) is 0.342. The molecule has 0 amide bonds. The summed E-state index contributed by atoms with van der Waals surface area (Å²) < 4.78 is 42.1. The smallest absolute Gasteiger partial charge is 0.343 e. The molecule has 0 unspecified atom stereocenters. The predicted octanol–water partition coefficient (Wildman–Crippen LogP) is 1.94. The van der Waals surface area contributed by atoms with Crippen LogP contribution in [-0.2, 0) is 14.8 Å². The number of esters is 1. The number of methoxy groups -OCH3 is 1. The highest BCUT2D eigenvalue weighted by Crippen LogP contribution is 2.21. The van der Waals surface area contributed by atoms with Crippen LogP contribution in [0.3, 0.4) is 0 Å². The second-order valence-electron chi connectivity index (χ2n) is 5.61. The van der Waals surface area contributed by atoms with Crippen molar-refractivity contribution in [3.63, 3.8) is 0 Å². The molecule has 8 heteroatoms. The number of carbonyl (C=O) groups is 1. The Morgan fingerprint density at radius 1 is 1.04 bits per heavy atom. The van der Waals surface area contributed by atoms with Crippen LogP contribution in [-0.4, -0.2) is 52.1 Å². The number of hydrogen-bond acceptors (Lipinski definition) is 6. The number of morpholine rings is 1. The summed E-state index contributed by atoms with van der Waals surface area (Å²) in [4.78, 5) is 12.3. The van der Waals surface area contributed by atoms with Crippen LogP contribution >= 0.6 is 0 Å². The highest BCUT2D eigenvalue weighted by Gasteiger charge is 2.26. The zero-order valence-corrected chi connectivity index (χ0v) is 15.1.